The standard InChI is InChI=1S/C24H25BrN4O2/c25-18-12-16-17(13-20(18)29-7-5-27-6-8-29)24(3-9-31-10-4-24)23-21(22(16)30)15-2-1-14(26)11-19(15)28-23/h1-2,11-13,27-28H,3-10,26H2. The van der Waals surface area contributed by atoms with Gasteiger partial charge in [0.25, 0.3) is 0 Å². The fourth-order valence-electron chi connectivity index (χ4n) is 5.61. The summed E-state index contributed by atoms with van der Waals surface area (Å²) in [6, 6.07) is 10.1. The number of nitrogens with zero attached hydrogens (tertiary/aromatic N) is 1. The lowest BCUT2D eigenvalue weighted by atomic mass is 9.64. The molecule has 0 radical (unpaired) electrons. The lowest BCUT2D eigenvalue weighted by Crippen LogP contribution is -2.44. The van der Waals surface area contributed by atoms with E-state index in [9.17, 15) is 4.79 Å². The fraction of sp³-hybridized carbons (Fsp3) is 0.375. The van der Waals surface area contributed by atoms with E-state index < -0.39 is 0 Å². The molecule has 31 heavy (non-hydrogen) atoms. The van der Waals surface area contributed by atoms with Crippen LogP contribution in [0, 0.1) is 0 Å². The minimum Gasteiger partial charge on any atom is -0.399 e. The molecule has 7 heteroatoms. The molecule has 6 rings (SSSR count). The zero-order valence-electron chi connectivity index (χ0n) is 17.3. The molecule has 3 aromatic rings. The molecule has 0 bridgehead atoms. The Morgan fingerprint density at radius 3 is 2.65 bits per heavy atom. The molecule has 2 aromatic carbocycles. The van der Waals surface area contributed by atoms with Crippen molar-refractivity contribution in [2.75, 3.05) is 50.0 Å². The van der Waals surface area contributed by atoms with Gasteiger partial charge in [-0.3, -0.25) is 4.79 Å². The third-order valence-corrected chi connectivity index (χ3v) is 7.81. The number of rotatable bonds is 1. The molecule has 2 saturated heterocycles. The average Bonchev–Trinajstić information content (AvgIpc) is 3.18. The van der Waals surface area contributed by atoms with Crippen molar-refractivity contribution in [2.24, 2.45) is 0 Å². The zero-order valence-corrected chi connectivity index (χ0v) is 18.8. The van der Waals surface area contributed by atoms with Crippen molar-refractivity contribution in [3.63, 3.8) is 0 Å². The number of anilines is 2. The number of aromatic nitrogens is 1. The average molecular weight is 481 g/mol. The summed E-state index contributed by atoms with van der Waals surface area (Å²) in [5, 5.41) is 4.37. The third-order valence-electron chi connectivity index (χ3n) is 7.18. The molecule has 1 aromatic heterocycles. The minimum absolute atomic E-state index is 0.0886. The van der Waals surface area contributed by atoms with Crippen LogP contribution in [0.5, 0.6) is 0 Å². The number of hydrogen-bond donors (Lipinski definition) is 3. The summed E-state index contributed by atoms with van der Waals surface area (Å²) >= 11 is 3.78. The molecule has 0 unspecified atom stereocenters. The first-order valence-corrected chi connectivity index (χ1v) is 11.7. The Hall–Kier alpha value is -2.35. The fourth-order valence-corrected chi connectivity index (χ4v) is 6.21. The minimum atomic E-state index is -0.256. The number of nitrogen functional groups attached to an aromatic ring is 1. The predicted octanol–water partition coefficient (Wildman–Crippen LogP) is 3.56. The van der Waals surface area contributed by atoms with E-state index in [1.165, 1.54) is 5.69 Å². The Bertz CT molecular complexity index is 1210. The van der Waals surface area contributed by atoms with Crippen LogP contribution in [0.3, 0.4) is 0 Å². The second kappa shape index (κ2) is 7.08. The second-order valence-electron chi connectivity index (χ2n) is 8.79. The van der Waals surface area contributed by atoms with Crippen LogP contribution in [0.4, 0.5) is 11.4 Å². The molecule has 3 aliphatic rings. The van der Waals surface area contributed by atoms with E-state index in [0.717, 1.165) is 76.8 Å². The highest BCUT2D eigenvalue weighted by Gasteiger charge is 2.47. The molecule has 160 valence electrons. The van der Waals surface area contributed by atoms with Crippen LogP contribution < -0.4 is 16.0 Å². The van der Waals surface area contributed by atoms with Gasteiger partial charge in [-0.2, -0.15) is 0 Å². The third kappa shape index (κ3) is 2.80. The van der Waals surface area contributed by atoms with Gasteiger partial charge in [0.15, 0.2) is 5.78 Å². The van der Waals surface area contributed by atoms with Crippen molar-refractivity contribution in [1.29, 1.82) is 0 Å². The number of hydrogen-bond acceptors (Lipinski definition) is 5. The van der Waals surface area contributed by atoms with Gasteiger partial charge in [0.05, 0.1) is 11.3 Å². The van der Waals surface area contributed by atoms with E-state index in [1.807, 2.05) is 24.3 Å². The summed E-state index contributed by atoms with van der Waals surface area (Å²) in [5.74, 6) is 0.0886. The monoisotopic (exact) mass is 480 g/mol. The number of ketones is 1. The molecule has 0 saturated carbocycles. The number of halogens is 1. The van der Waals surface area contributed by atoms with E-state index in [1.54, 1.807) is 0 Å². The van der Waals surface area contributed by atoms with Gasteiger partial charge in [-0.1, -0.05) is 6.07 Å². The molecular formula is C24H25BrN4O2. The molecule has 0 atom stereocenters. The maximum Gasteiger partial charge on any atom is 0.195 e. The molecule has 6 nitrogen and oxygen atoms in total. The van der Waals surface area contributed by atoms with Gasteiger partial charge in [-0.15, -0.1) is 0 Å². The lowest BCUT2D eigenvalue weighted by Gasteiger charge is -2.42. The van der Waals surface area contributed by atoms with E-state index in [-0.39, 0.29) is 11.2 Å². The smallest absolute Gasteiger partial charge is 0.195 e. The van der Waals surface area contributed by atoms with Gasteiger partial charge in [-0.25, -0.2) is 0 Å². The second-order valence-corrected chi connectivity index (χ2v) is 9.64. The quantitative estimate of drug-likeness (QED) is 0.463. The number of aromatic amines is 1. The molecule has 1 aliphatic carbocycles. The Kier molecular flexibility index (Phi) is 4.42. The molecule has 3 heterocycles. The normalized spacial score (nSPS) is 20.2. The number of nitrogens with one attached hydrogen (secondary N) is 2. The van der Waals surface area contributed by atoms with E-state index in [2.05, 4.69) is 37.2 Å². The highest BCUT2D eigenvalue weighted by Crippen LogP contribution is 2.51. The molecule has 4 N–H and O–H groups in total. The van der Waals surface area contributed by atoms with Crippen LogP contribution >= 0.6 is 15.9 Å². The van der Waals surface area contributed by atoms with Crippen LogP contribution in [0.1, 0.15) is 40.0 Å². The molecular weight excluding hydrogens is 456 g/mol. The van der Waals surface area contributed by atoms with Gasteiger partial charge >= 0.3 is 0 Å². The summed E-state index contributed by atoms with van der Waals surface area (Å²) < 4.78 is 6.75. The summed E-state index contributed by atoms with van der Waals surface area (Å²) in [7, 11) is 0. The highest BCUT2D eigenvalue weighted by molar-refractivity contribution is 9.10. The summed E-state index contributed by atoms with van der Waals surface area (Å²) in [6.07, 6.45) is 1.70. The largest absolute Gasteiger partial charge is 0.399 e. The number of fused-ring (bicyclic) bond motifs is 6. The van der Waals surface area contributed by atoms with Gasteiger partial charge in [0.1, 0.15) is 0 Å². The number of piperazine rings is 1. The Labute approximate surface area is 189 Å². The first kappa shape index (κ1) is 19.3. The number of H-pyrrole nitrogens is 1. The highest BCUT2D eigenvalue weighted by atomic mass is 79.9. The SMILES string of the molecule is Nc1ccc2c3c([nH]c2c1)C1(CCOCC1)c1cc(N2CCNCC2)c(Br)cc1C3=O. The Morgan fingerprint density at radius 2 is 1.87 bits per heavy atom. The van der Waals surface area contributed by atoms with Crippen LogP contribution in [-0.4, -0.2) is 50.2 Å². The maximum absolute atomic E-state index is 13.8. The van der Waals surface area contributed by atoms with Crippen LogP contribution in [0.25, 0.3) is 10.9 Å². The molecule has 1 spiro atoms. The van der Waals surface area contributed by atoms with Gasteiger partial charge in [0.2, 0.25) is 0 Å². The number of nitrogens with two attached hydrogens (primary N) is 1. The predicted molar refractivity (Wildman–Crippen MR) is 126 cm³/mol. The maximum atomic E-state index is 13.8. The van der Waals surface area contributed by atoms with Crippen molar-refractivity contribution >= 4 is 44.0 Å². The first-order chi connectivity index (χ1) is 15.1. The summed E-state index contributed by atoms with van der Waals surface area (Å²) in [5.41, 5.74) is 12.3. The molecule has 0 amide bonds. The topological polar surface area (TPSA) is 83.4 Å². The molecule has 2 aliphatic heterocycles. The van der Waals surface area contributed by atoms with Crippen LogP contribution in [0.15, 0.2) is 34.8 Å². The number of carbonyl (C=O) groups is 1. The zero-order chi connectivity index (χ0) is 21.2. The number of carbonyl (C=O) groups excluding carboxylic acids is 1. The lowest BCUT2D eigenvalue weighted by molar-refractivity contribution is 0.0602. The van der Waals surface area contributed by atoms with Crippen LogP contribution in [0.2, 0.25) is 0 Å². The van der Waals surface area contributed by atoms with Gasteiger partial charge in [0, 0.05) is 77.1 Å². The molecule has 2 fully saturated rings. The van der Waals surface area contributed by atoms with Crippen molar-refractivity contribution < 1.29 is 9.53 Å². The van der Waals surface area contributed by atoms with Crippen molar-refractivity contribution in [3.05, 3.63) is 57.2 Å². The summed E-state index contributed by atoms with van der Waals surface area (Å²) in [4.78, 5) is 19.8. The van der Waals surface area contributed by atoms with Crippen molar-refractivity contribution in [2.45, 2.75) is 18.3 Å². The Balaban J connectivity index is 1.61. The first-order valence-electron chi connectivity index (χ1n) is 10.9. The summed E-state index contributed by atoms with van der Waals surface area (Å²) in [6.45, 7) is 5.22. The van der Waals surface area contributed by atoms with Crippen molar-refractivity contribution in [1.82, 2.24) is 10.3 Å². The van der Waals surface area contributed by atoms with Crippen LogP contribution in [-0.2, 0) is 10.2 Å². The van der Waals surface area contributed by atoms with Crippen molar-refractivity contribution in [3.8, 4) is 0 Å². The van der Waals surface area contributed by atoms with E-state index in [0.29, 0.717) is 18.9 Å². The van der Waals surface area contributed by atoms with Gasteiger partial charge in [-0.05, 0) is 58.6 Å². The number of ether oxygens (including phenoxy) is 1. The van der Waals surface area contributed by atoms with E-state index >= 15 is 0 Å². The number of benzene rings is 2. The van der Waals surface area contributed by atoms with Gasteiger partial charge < -0.3 is 25.7 Å². The van der Waals surface area contributed by atoms with E-state index in [4.69, 9.17) is 10.5 Å². The Morgan fingerprint density at radius 1 is 1.10 bits per heavy atom.